The molecule has 1 saturated heterocycles. The van der Waals surface area contributed by atoms with Crippen molar-refractivity contribution < 1.29 is 19.0 Å². The van der Waals surface area contributed by atoms with Gasteiger partial charge in [0.15, 0.2) is 0 Å². The molecule has 0 bridgehead atoms. The fourth-order valence-electron chi connectivity index (χ4n) is 1.83. The van der Waals surface area contributed by atoms with Crippen molar-refractivity contribution in [1.29, 1.82) is 0 Å². The number of likely N-dealkylation sites (N-methyl/N-ethyl adjacent to an activating group) is 1. The molecule has 1 heterocycles. The smallest absolute Gasteiger partial charge is 0.325 e. The lowest BCUT2D eigenvalue weighted by molar-refractivity contribution is -0.149. The Morgan fingerprint density at radius 3 is 2.65 bits per heavy atom. The van der Waals surface area contributed by atoms with Crippen molar-refractivity contribution in [3.05, 3.63) is 0 Å². The number of rotatable bonds is 6. The van der Waals surface area contributed by atoms with Gasteiger partial charge in [-0.15, -0.1) is 0 Å². The molecule has 1 atom stereocenters. The van der Waals surface area contributed by atoms with Crippen LogP contribution in [0.1, 0.15) is 26.2 Å². The summed E-state index contributed by atoms with van der Waals surface area (Å²) in [6.45, 7) is 3.92. The Bertz CT molecular complexity index is 241. The highest BCUT2D eigenvalue weighted by Crippen LogP contribution is 2.15. The summed E-state index contributed by atoms with van der Waals surface area (Å²) in [6.07, 6.45) is 2.75. The number of hydrogen-bond donors (Lipinski definition) is 1. The summed E-state index contributed by atoms with van der Waals surface area (Å²) in [4.78, 5) is 11.6. The first-order chi connectivity index (χ1) is 8.12. The number of carbonyl (C=O) groups excluding carboxylic acids is 1. The summed E-state index contributed by atoms with van der Waals surface area (Å²) in [5.74, 6) is -0.254. The summed E-state index contributed by atoms with van der Waals surface area (Å²) in [7, 11) is 3.16. The molecular formula is C12H23NO4. The molecule has 0 aliphatic carbocycles. The standard InChI is InChI=1S/C12H23NO4/c1-12(13-2,11(14)15-3)6-9-17-10-4-7-16-8-5-10/h10,13H,4-9H2,1-3H3. The molecule has 0 spiro atoms. The van der Waals surface area contributed by atoms with Crippen molar-refractivity contribution in [2.75, 3.05) is 34.0 Å². The number of carbonyl (C=O) groups is 1. The van der Waals surface area contributed by atoms with E-state index in [1.165, 1.54) is 7.11 Å². The van der Waals surface area contributed by atoms with E-state index in [2.05, 4.69) is 5.32 Å². The van der Waals surface area contributed by atoms with Crippen LogP contribution in [0.4, 0.5) is 0 Å². The van der Waals surface area contributed by atoms with Crippen molar-refractivity contribution in [3.63, 3.8) is 0 Å². The zero-order valence-corrected chi connectivity index (χ0v) is 11.0. The van der Waals surface area contributed by atoms with Gasteiger partial charge in [0.1, 0.15) is 5.54 Å². The van der Waals surface area contributed by atoms with Crippen LogP contribution in [0.5, 0.6) is 0 Å². The van der Waals surface area contributed by atoms with Gasteiger partial charge in [-0.25, -0.2) is 0 Å². The first-order valence-electron chi connectivity index (χ1n) is 6.09. The van der Waals surface area contributed by atoms with Gasteiger partial charge in [0.05, 0.1) is 13.2 Å². The lowest BCUT2D eigenvalue weighted by atomic mass is 9.99. The largest absolute Gasteiger partial charge is 0.468 e. The molecule has 0 saturated carbocycles. The second kappa shape index (κ2) is 6.93. The molecule has 5 heteroatoms. The monoisotopic (exact) mass is 245 g/mol. The van der Waals surface area contributed by atoms with Crippen molar-refractivity contribution in [3.8, 4) is 0 Å². The Balaban J connectivity index is 2.29. The van der Waals surface area contributed by atoms with Crippen LogP contribution in [0.3, 0.4) is 0 Å². The number of esters is 1. The molecule has 1 fully saturated rings. The average Bonchev–Trinajstić information content (AvgIpc) is 2.38. The Morgan fingerprint density at radius 2 is 2.12 bits per heavy atom. The van der Waals surface area contributed by atoms with Crippen LogP contribution in [0.2, 0.25) is 0 Å². The molecular weight excluding hydrogens is 222 g/mol. The number of hydrogen-bond acceptors (Lipinski definition) is 5. The molecule has 1 aliphatic heterocycles. The fourth-order valence-corrected chi connectivity index (χ4v) is 1.83. The quantitative estimate of drug-likeness (QED) is 0.699. The van der Waals surface area contributed by atoms with Gasteiger partial charge < -0.3 is 19.5 Å². The van der Waals surface area contributed by atoms with Gasteiger partial charge in [0.2, 0.25) is 0 Å². The predicted octanol–water partition coefficient (Wildman–Crippen LogP) is 0.723. The topological polar surface area (TPSA) is 56.8 Å². The van der Waals surface area contributed by atoms with E-state index in [4.69, 9.17) is 14.2 Å². The Labute approximate surface area is 103 Å². The molecule has 100 valence electrons. The maximum atomic E-state index is 11.6. The van der Waals surface area contributed by atoms with Crippen molar-refractivity contribution in [2.45, 2.75) is 37.8 Å². The lowest BCUT2D eigenvalue weighted by Crippen LogP contribution is -2.49. The van der Waals surface area contributed by atoms with Crippen molar-refractivity contribution >= 4 is 5.97 Å². The third kappa shape index (κ3) is 4.26. The van der Waals surface area contributed by atoms with Crippen molar-refractivity contribution in [2.24, 2.45) is 0 Å². The third-order valence-corrected chi connectivity index (χ3v) is 3.31. The minimum atomic E-state index is -0.667. The molecule has 0 amide bonds. The molecule has 5 nitrogen and oxygen atoms in total. The van der Waals surface area contributed by atoms with Crippen LogP contribution in [0, 0.1) is 0 Å². The van der Waals surface area contributed by atoms with E-state index in [1.54, 1.807) is 7.05 Å². The zero-order chi connectivity index (χ0) is 12.7. The highest BCUT2D eigenvalue weighted by molar-refractivity contribution is 5.80. The maximum absolute atomic E-state index is 11.6. The highest BCUT2D eigenvalue weighted by Gasteiger charge is 2.32. The Kier molecular flexibility index (Phi) is 5.88. The van der Waals surface area contributed by atoms with E-state index in [0.29, 0.717) is 13.0 Å². The first kappa shape index (κ1) is 14.4. The van der Waals surface area contributed by atoms with Gasteiger partial charge in [-0.3, -0.25) is 4.79 Å². The van der Waals surface area contributed by atoms with Crippen LogP contribution in [-0.4, -0.2) is 51.6 Å². The molecule has 0 aromatic rings. The number of methoxy groups -OCH3 is 1. The summed E-state index contributed by atoms with van der Waals surface area (Å²) >= 11 is 0. The van der Waals surface area contributed by atoms with Gasteiger partial charge >= 0.3 is 5.97 Å². The molecule has 1 aliphatic rings. The number of nitrogens with one attached hydrogen (secondary N) is 1. The fraction of sp³-hybridized carbons (Fsp3) is 0.917. The summed E-state index contributed by atoms with van der Waals surface area (Å²) in [5, 5.41) is 2.99. The second-order valence-corrected chi connectivity index (χ2v) is 4.51. The van der Waals surface area contributed by atoms with Gasteiger partial charge in [0, 0.05) is 19.8 Å². The van der Waals surface area contributed by atoms with Crippen LogP contribution in [-0.2, 0) is 19.0 Å². The highest BCUT2D eigenvalue weighted by atomic mass is 16.5. The molecule has 17 heavy (non-hydrogen) atoms. The predicted molar refractivity (Wildman–Crippen MR) is 63.9 cm³/mol. The lowest BCUT2D eigenvalue weighted by Gasteiger charge is -2.28. The van der Waals surface area contributed by atoms with E-state index in [0.717, 1.165) is 26.1 Å². The van der Waals surface area contributed by atoms with Gasteiger partial charge in [0.25, 0.3) is 0 Å². The normalized spacial score (nSPS) is 20.9. The molecule has 0 aromatic heterocycles. The average molecular weight is 245 g/mol. The van der Waals surface area contributed by atoms with E-state index in [1.807, 2.05) is 6.92 Å². The van der Waals surface area contributed by atoms with Gasteiger partial charge in [-0.2, -0.15) is 0 Å². The molecule has 0 radical (unpaired) electrons. The SMILES string of the molecule is CNC(C)(CCOC1CCOCC1)C(=O)OC. The van der Waals surface area contributed by atoms with Gasteiger partial charge in [-0.1, -0.05) is 0 Å². The van der Waals surface area contributed by atoms with Crippen LogP contribution >= 0.6 is 0 Å². The Morgan fingerprint density at radius 1 is 1.47 bits per heavy atom. The minimum absolute atomic E-state index is 0.254. The van der Waals surface area contributed by atoms with E-state index in [9.17, 15) is 4.79 Å². The Hall–Kier alpha value is -0.650. The van der Waals surface area contributed by atoms with E-state index < -0.39 is 5.54 Å². The van der Waals surface area contributed by atoms with Crippen LogP contribution < -0.4 is 5.32 Å². The summed E-state index contributed by atoms with van der Waals surface area (Å²) in [5.41, 5.74) is -0.667. The van der Waals surface area contributed by atoms with Crippen LogP contribution in [0.15, 0.2) is 0 Å². The second-order valence-electron chi connectivity index (χ2n) is 4.51. The minimum Gasteiger partial charge on any atom is -0.468 e. The summed E-state index contributed by atoms with van der Waals surface area (Å²) in [6, 6.07) is 0. The molecule has 1 N–H and O–H groups in total. The summed E-state index contributed by atoms with van der Waals surface area (Å²) < 4.78 is 15.8. The maximum Gasteiger partial charge on any atom is 0.325 e. The first-order valence-corrected chi connectivity index (χ1v) is 6.09. The van der Waals surface area contributed by atoms with Crippen LogP contribution in [0.25, 0.3) is 0 Å². The molecule has 1 unspecified atom stereocenters. The number of ether oxygens (including phenoxy) is 3. The van der Waals surface area contributed by atoms with E-state index >= 15 is 0 Å². The molecule has 0 aromatic carbocycles. The third-order valence-electron chi connectivity index (χ3n) is 3.31. The zero-order valence-electron chi connectivity index (χ0n) is 11.0. The molecule has 1 rings (SSSR count). The van der Waals surface area contributed by atoms with E-state index in [-0.39, 0.29) is 12.1 Å². The van der Waals surface area contributed by atoms with Gasteiger partial charge in [-0.05, 0) is 33.2 Å². The van der Waals surface area contributed by atoms with Crippen molar-refractivity contribution in [1.82, 2.24) is 5.32 Å².